The Balaban J connectivity index is 1.40. The topological polar surface area (TPSA) is 4.93 Å². The van der Waals surface area contributed by atoms with Gasteiger partial charge in [-0.05, 0) is 65.6 Å². The summed E-state index contributed by atoms with van der Waals surface area (Å²) in [5.41, 5.74) is 10.2. The molecule has 7 rings (SSSR count). The van der Waals surface area contributed by atoms with E-state index in [0.29, 0.717) is 17.3 Å². The molecule has 3 aromatic carbocycles. The first-order valence-electron chi connectivity index (χ1n) is 12.8. The average molecular weight is 442 g/mol. The second kappa shape index (κ2) is 7.34. The number of para-hydroxylation sites is 1. The number of fused-ring (bicyclic) bond motifs is 4. The molecule has 0 radical (unpaired) electrons. The minimum Gasteiger partial charge on any atom is -0.344 e. The highest BCUT2D eigenvalue weighted by Crippen LogP contribution is 2.61. The average Bonchev–Trinajstić information content (AvgIpc) is 3.65. The molecule has 1 saturated carbocycles. The SMILES string of the molecule is CC1=Cc2c(-c3ccc4c(c3)c3ccccc3n4C)cccc2C1C1(C2C=CC=C2)CCCC1. The van der Waals surface area contributed by atoms with E-state index in [-0.39, 0.29) is 0 Å². The second-order valence-corrected chi connectivity index (χ2v) is 10.7. The van der Waals surface area contributed by atoms with Gasteiger partial charge in [0.05, 0.1) is 0 Å². The number of benzene rings is 3. The normalized spacial score (nSPS) is 21.1. The fourth-order valence-electron chi connectivity index (χ4n) is 7.57. The maximum atomic E-state index is 2.51. The van der Waals surface area contributed by atoms with E-state index in [0.717, 1.165) is 0 Å². The van der Waals surface area contributed by atoms with E-state index in [1.807, 2.05) is 0 Å². The van der Waals surface area contributed by atoms with E-state index in [2.05, 4.69) is 110 Å². The lowest BCUT2D eigenvalue weighted by atomic mass is 9.62. The highest BCUT2D eigenvalue weighted by Gasteiger charge is 2.49. The van der Waals surface area contributed by atoms with Gasteiger partial charge in [-0.15, -0.1) is 0 Å². The van der Waals surface area contributed by atoms with Gasteiger partial charge in [0, 0.05) is 40.7 Å². The molecule has 0 saturated heterocycles. The lowest BCUT2D eigenvalue weighted by molar-refractivity contribution is 0.208. The zero-order chi connectivity index (χ0) is 22.9. The van der Waals surface area contributed by atoms with Crippen molar-refractivity contribution in [1.82, 2.24) is 4.57 Å². The zero-order valence-electron chi connectivity index (χ0n) is 20.1. The van der Waals surface area contributed by atoms with Crippen LogP contribution in [-0.2, 0) is 7.05 Å². The van der Waals surface area contributed by atoms with Crippen molar-refractivity contribution in [2.24, 2.45) is 18.4 Å². The molecule has 1 heteroatoms. The van der Waals surface area contributed by atoms with Crippen molar-refractivity contribution in [1.29, 1.82) is 0 Å². The molecule has 168 valence electrons. The Morgan fingerprint density at radius 1 is 0.824 bits per heavy atom. The van der Waals surface area contributed by atoms with Gasteiger partial charge in [0.2, 0.25) is 0 Å². The lowest BCUT2D eigenvalue weighted by Crippen LogP contribution is -2.32. The van der Waals surface area contributed by atoms with E-state index in [9.17, 15) is 0 Å². The summed E-state index contributed by atoms with van der Waals surface area (Å²) < 4.78 is 2.32. The molecule has 0 spiro atoms. The zero-order valence-corrected chi connectivity index (χ0v) is 20.1. The van der Waals surface area contributed by atoms with Crippen LogP contribution in [0.15, 0.2) is 90.5 Å². The highest BCUT2D eigenvalue weighted by atomic mass is 14.9. The molecule has 0 aliphatic heterocycles. The maximum Gasteiger partial charge on any atom is 0.0489 e. The molecule has 1 nitrogen and oxygen atoms in total. The number of rotatable bonds is 3. The van der Waals surface area contributed by atoms with Crippen LogP contribution in [0, 0.1) is 11.3 Å². The van der Waals surface area contributed by atoms with Crippen LogP contribution in [-0.4, -0.2) is 4.57 Å². The summed E-state index contributed by atoms with van der Waals surface area (Å²) in [5, 5.41) is 2.68. The van der Waals surface area contributed by atoms with Crippen LogP contribution in [0.2, 0.25) is 0 Å². The minimum absolute atomic E-state index is 0.327. The first-order chi connectivity index (χ1) is 16.7. The first kappa shape index (κ1) is 20.1. The predicted octanol–water partition coefficient (Wildman–Crippen LogP) is 8.80. The lowest BCUT2D eigenvalue weighted by Gasteiger charge is -2.41. The Morgan fingerprint density at radius 3 is 2.41 bits per heavy atom. The Bertz CT molecular complexity index is 1520. The summed E-state index contributed by atoms with van der Waals surface area (Å²) in [4.78, 5) is 0. The van der Waals surface area contributed by atoms with E-state index >= 15 is 0 Å². The summed E-state index contributed by atoms with van der Waals surface area (Å²) in [7, 11) is 2.17. The molecular weight excluding hydrogens is 410 g/mol. The van der Waals surface area contributed by atoms with E-state index in [4.69, 9.17) is 0 Å². The second-order valence-electron chi connectivity index (χ2n) is 10.7. The molecular formula is C33H31N. The summed E-state index contributed by atoms with van der Waals surface area (Å²) >= 11 is 0. The first-order valence-corrected chi connectivity index (χ1v) is 12.8. The van der Waals surface area contributed by atoms with Crippen molar-refractivity contribution in [3.8, 4) is 11.1 Å². The van der Waals surface area contributed by atoms with Crippen molar-refractivity contribution in [2.75, 3.05) is 0 Å². The molecule has 3 aliphatic carbocycles. The van der Waals surface area contributed by atoms with Crippen LogP contribution in [0.3, 0.4) is 0 Å². The molecule has 3 aliphatic rings. The molecule has 34 heavy (non-hydrogen) atoms. The standard InChI is InChI=1S/C33H31N/c1-22-20-28-25(23-16-17-31-29(21-23)26-12-5-6-15-30(26)34(31)2)13-9-14-27(28)32(22)33(18-7-8-19-33)24-10-3-4-11-24/h3-6,9-17,20-21,24,32H,7-8,18-19H2,1-2H3. The third kappa shape index (κ3) is 2.67. The summed E-state index contributed by atoms with van der Waals surface area (Å²) in [6.45, 7) is 2.38. The predicted molar refractivity (Wildman–Crippen MR) is 145 cm³/mol. The maximum absolute atomic E-state index is 2.51. The van der Waals surface area contributed by atoms with Crippen molar-refractivity contribution < 1.29 is 0 Å². The van der Waals surface area contributed by atoms with Crippen LogP contribution in [0.5, 0.6) is 0 Å². The molecule has 0 bridgehead atoms. The van der Waals surface area contributed by atoms with Gasteiger partial charge in [-0.3, -0.25) is 0 Å². The summed E-state index contributed by atoms with van der Waals surface area (Å²) in [6.07, 6.45) is 17.3. The fraction of sp³-hybridized carbons (Fsp3) is 0.273. The van der Waals surface area contributed by atoms with Crippen molar-refractivity contribution in [3.63, 3.8) is 0 Å². The number of hydrogen-bond acceptors (Lipinski definition) is 0. The molecule has 1 heterocycles. The van der Waals surface area contributed by atoms with Gasteiger partial charge in [-0.1, -0.05) is 91.3 Å². The molecule has 0 N–H and O–H groups in total. The van der Waals surface area contributed by atoms with Crippen molar-refractivity contribution in [3.05, 3.63) is 102 Å². The molecule has 4 aromatic rings. The van der Waals surface area contributed by atoms with Crippen LogP contribution in [0.1, 0.15) is 49.7 Å². The summed E-state index contributed by atoms with van der Waals surface area (Å²) in [6, 6.07) is 22.8. The summed E-state index contributed by atoms with van der Waals surface area (Å²) in [5.74, 6) is 1.08. The van der Waals surface area contributed by atoms with Crippen LogP contribution in [0.4, 0.5) is 0 Å². The Morgan fingerprint density at radius 2 is 1.59 bits per heavy atom. The van der Waals surface area contributed by atoms with Gasteiger partial charge in [0.1, 0.15) is 0 Å². The molecule has 0 amide bonds. The van der Waals surface area contributed by atoms with E-state index in [1.54, 1.807) is 11.1 Å². The largest absolute Gasteiger partial charge is 0.344 e. The highest BCUT2D eigenvalue weighted by molar-refractivity contribution is 6.09. The molecule has 1 fully saturated rings. The Hall–Kier alpha value is -3.32. The Kier molecular flexibility index (Phi) is 4.34. The van der Waals surface area contributed by atoms with Crippen LogP contribution >= 0.6 is 0 Å². The van der Waals surface area contributed by atoms with E-state index in [1.165, 1.54) is 64.2 Å². The minimum atomic E-state index is 0.327. The van der Waals surface area contributed by atoms with Crippen molar-refractivity contribution >= 4 is 27.9 Å². The fourth-order valence-corrected chi connectivity index (χ4v) is 7.57. The number of aryl methyl sites for hydroxylation is 1. The number of allylic oxidation sites excluding steroid dienone is 5. The third-order valence-corrected chi connectivity index (χ3v) is 9.02. The van der Waals surface area contributed by atoms with Crippen molar-refractivity contribution in [2.45, 2.75) is 38.5 Å². The number of nitrogens with zero attached hydrogens (tertiary/aromatic N) is 1. The van der Waals surface area contributed by atoms with Crippen LogP contribution in [0.25, 0.3) is 39.0 Å². The number of aromatic nitrogens is 1. The Labute approximate surface area is 202 Å². The number of hydrogen-bond donors (Lipinski definition) is 0. The van der Waals surface area contributed by atoms with Gasteiger partial charge in [0.15, 0.2) is 0 Å². The van der Waals surface area contributed by atoms with Gasteiger partial charge < -0.3 is 4.57 Å². The monoisotopic (exact) mass is 441 g/mol. The van der Waals surface area contributed by atoms with Gasteiger partial charge in [-0.25, -0.2) is 0 Å². The smallest absolute Gasteiger partial charge is 0.0489 e. The van der Waals surface area contributed by atoms with Crippen LogP contribution < -0.4 is 0 Å². The van der Waals surface area contributed by atoms with E-state index < -0.39 is 0 Å². The van der Waals surface area contributed by atoms with Gasteiger partial charge in [-0.2, -0.15) is 0 Å². The molecule has 1 aromatic heterocycles. The third-order valence-electron chi connectivity index (χ3n) is 9.02. The quantitative estimate of drug-likeness (QED) is 0.299. The van der Waals surface area contributed by atoms with Gasteiger partial charge in [0.25, 0.3) is 0 Å². The van der Waals surface area contributed by atoms with Gasteiger partial charge >= 0.3 is 0 Å². The molecule has 1 atom stereocenters. The molecule has 1 unspecified atom stereocenters.